The van der Waals surface area contributed by atoms with Gasteiger partial charge in [0.1, 0.15) is 5.69 Å². The van der Waals surface area contributed by atoms with Crippen LogP contribution in [-0.2, 0) is 4.74 Å². The predicted molar refractivity (Wildman–Crippen MR) is 90.3 cm³/mol. The first-order valence-electron chi connectivity index (χ1n) is 8.18. The van der Waals surface area contributed by atoms with E-state index in [1.165, 1.54) is 4.90 Å². The van der Waals surface area contributed by atoms with E-state index in [1.54, 1.807) is 25.4 Å². The Morgan fingerprint density at radius 3 is 3.00 bits per heavy atom. The number of ether oxygens (including phenoxy) is 2. The minimum atomic E-state index is -0.612. The van der Waals surface area contributed by atoms with Gasteiger partial charge in [-0.15, -0.1) is 0 Å². The first kappa shape index (κ1) is 18.4. The standard InChI is InChI=1S/C16H26N4O4/c1-3-24-15-14(5-4-6-17-15)18-16(22)19(2)11-13(21)12-20-7-9-23-10-8-20/h4-6,13,21H,3,7-12H2,1-2H3,(H,18,22)/t13-/m0/s1. The summed E-state index contributed by atoms with van der Waals surface area (Å²) in [6.45, 7) is 6.07. The molecule has 1 saturated heterocycles. The molecule has 24 heavy (non-hydrogen) atoms. The number of carbonyl (C=O) groups is 1. The molecule has 0 aromatic carbocycles. The minimum Gasteiger partial charge on any atom is -0.476 e. The summed E-state index contributed by atoms with van der Waals surface area (Å²) in [5.41, 5.74) is 0.513. The normalized spacial score (nSPS) is 16.5. The summed E-state index contributed by atoms with van der Waals surface area (Å²) in [5, 5.41) is 12.9. The number of aliphatic hydroxyl groups excluding tert-OH is 1. The van der Waals surface area contributed by atoms with E-state index in [0.717, 1.165) is 13.1 Å². The van der Waals surface area contributed by atoms with Crippen molar-refractivity contribution in [3.8, 4) is 5.88 Å². The molecule has 1 fully saturated rings. The molecule has 2 rings (SSSR count). The van der Waals surface area contributed by atoms with E-state index in [9.17, 15) is 9.90 Å². The highest BCUT2D eigenvalue weighted by atomic mass is 16.5. The zero-order chi connectivity index (χ0) is 17.4. The van der Waals surface area contributed by atoms with Crippen LogP contribution in [0.3, 0.4) is 0 Å². The number of hydrogen-bond donors (Lipinski definition) is 2. The number of rotatable bonds is 7. The van der Waals surface area contributed by atoms with E-state index in [-0.39, 0.29) is 12.6 Å². The molecule has 0 unspecified atom stereocenters. The Hall–Kier alpha value is -1.90. The number of aliphatic hydroxyl groups is 1. The third-order valence-electron chi connectivity index (χ3n) is 3.70. The first-order valence-corrected chi connectivity index (χ1v) is 8.18. The molecule has 1 aromatic heterocycles. The maximum absolute atomic E-state index is 12.3. The van der Waals surface area contributed by atoms with Crippen molar-refractivity contribution < 1.29 is 19.4 Å². The number of carbonyl (C=O) groups excluding carboxylic acids is 1. The molecule has 2 amide bonds. The summed E-state index contributed by atoms with van der Waals surface area (Å²) in [6, 6.07) is 3.14. The third-order valence-corrected chi connectivity index (χ3v) is 3.70. The Kier molecular flexibility index (Phi) is 7.23. The Morgan fingerprint density at radius 2 is 2.29 bits per heavy atom. The lowest BCUT2D eigenvalue weighted by atomic mass is 10.3. The molecule has 1 aliphatic rings. The van der Waals surface area contributed by atoms with Crippen LogP contribution in [0.25, 0.3) is 0 Å². The average molecular weight is 338 g/mol. The fraction of sp³-hybridized carbons (Fsp3) is 0.625. The maximum Gasteiger partial charge on any atom is 0.321 e. The smallest absolute Gasteiger partial charge is 0.321 e. The number of anilines is 1. The van der Waals surface area contributed by atoms with Gasteiger partial charge < -0.3 is 24.8 Å². The molecule has 0 aliphatic carbocycles. The quantitative estimate of drug-likeness (QED) is 0.759. The van der Waals surface area contributed by atoms with Crippen LogP contribution in [0.5, 0.6) is 5.88 Å². The molecule has 2 heterocycles. The van der Waals surface area contributed by atoms with Crippen LogP contribution in [0.1, 0.15) is 6.92 Å². The Balaban J connectivity index is 1.83. The Labute approximate surface area is 142 Å². The number of β-amino-alcohol motifs (C(OH)–C–C–N with tert-alkyl or cyclic N) is 1. The van der Waals surface area contributed by atoms with E-state index in [4.69, 9.17) is 9.47 Å². The number of nitrogens with zero attached hydrogens (tertiary/aromatic N) is 3. The number of likely N-dealkylation sites (N-methyl/N-ethyl adjacent to an activating group) is 1. The lowest BCUT2D eigenvalue weighted by Crippen LogP contribution is -2.45. The number of nitrogens with one attached hydrogen (secondary N) is 1. The Bertz CT molecular complexity index is 523. The van der Waals surface area contributed by atoms with Crippen LogP contribution in [0.4, 0.5) is 10.5 Å². The van der Waals surface area contributed by atoms with Gasteiger partial charge in [0.2, 0.25) is 5.88 Å². The summed E-state index contributed by atoms with van der Waals surface area (Å²) >= 11 is 0. The average Bonchev–Trinajstić information content (AvgIpc) is 2.57. The molecule has 0 bridgehead atoms. The highest BCUT2D eigenvalue weighted by molar-refractivity contribution is 5.90. The maximum atomic E-state index is 12.3. The van der Waals surface area contributed by atoms with E-state index in [0.29, 0.717) is 37.9 Å². The second-order valence-electron chi connectivity index (χ2n) is 5.67. The molecule has 8 heteroatoms. The van der Waals surface area contributed by atoms with Gasteiger partial charge in [0.05, 0.1) is 25.9 Å². The van der Waals surface area contributed by atoms with Gasteiger partial charge in [-0.1, -0.05) is 0 Å². The lowest BCUT2D eigenvalue weighted by Gasteiger charge is -2.30. The van der Waals surface area contributed by atoms with Gasteiger partial charge in [0, 0.05) is 39.4 Å². The zero-order valence-corrected chi connectivity index (χ0v) is 14.3. The summed E-state index contributed by atoms with van der Waals surface area (Å²) in [4.78, 5) is 20.0. The van der Waals surface area contributed by atoms with Crippen LogP contribution in [0.15, 0.2) is 18.3 Å². The molecule has 2 N–H and O–H groups in total. The topological polar surface area (TPSA) is 87.2 Å². The van der Waals surface area contributed by atoms with E-state index in [1.807, 2.05) is 6.92 Å². The largest absolute Gasteiger partial charge is 0.476 e. The Morgan fingerprint density at radius 1 is 1.54 bits per heavy atom. The summed E-state index contributed by atoms with van der Waals surface area (Å²) in [7, 11) is 1.65. The second-order valence-corrected chi connectivity index (χ2v) is 5.67. The van der Waals surface area contributed by atoms with Crippen molar-refractivity contribution in [3.05, 3.63) is 18.3 Å². The highest BCUT2D eigenvalue weighted by Gasteiger charge is 2.19. The molecule has 134 valence electrons. The lowest BCUT2D eigenvalue weighted by molar-refractivity contribution is 0.0109. The van der Waals surface area contributed by atoms with Gasteiger partial charge in [0.15, 0.2) is 0 Å². The molecule has 0 saturated carbocycles. The summed E-state index contributed by atoms with van der Waals surface area (Å²) < 4.78 is 10.7. The van der Waals surface area contributed by atoms with Crippen LogP contribution in [0, 0.1) is 0 Å². The molecule has 0 spiro atoms. The fourth-order valence-electron chi connectivity index (χ4n) is 2.49. The van der Waals surface area contributed by atoms with Gasteiger partial charge in [-0.25, -0.2) is 9.78 Å². The molecule has 8 nitrogen and oxygen atoms in total. The van der Waals surface area contributed by atoms with Crippen molar-refractivity contribution in [1.29, 1.82) is 0 Å². The van der Waals surface area contributed by atoms with E-state index in [2.05, 4.69) is 15.2 Å². The van der Waals surface area contributed by atoms with Crippen LogP contribution < -0.4 is 10.1 Å². The van der Waals surface area contributed by atoms with Crippen molar-refractivity contribution >= 4 is 11.7 Å². The predicted octanol–water partition coefficient (Wildman–Crippen LogP) is 0.637. The van der Waals surface area contributed by atoms with Crippen LogP contribution in [0.2, 0.25) is 0 Å². The van der Waals surface area contributed by atoms with Gasteiger partial charge in [-0.2, -0.15) is 0 Å². The number of morpholine rings is 1. The number of urea groups is 1. The van der Waals surface area contributed by atoms with Crippen LogP contribution >= 0.6 is 0 Å². The fourth-order valence-corrected chi connectivity index (χ4v) is 2.49. The molecule has 1 aliphatic heterocycles. The van der Waals surface area contributed by atoms with Crippen molar-refractivity contribution in [3.63, 3.8) is 0 Å². The second kappa shape index (κ2) is 9.41. The molecule has 0 radical (unpaired) electrons. The monoisotopic (exact) mass is 338 g/mol. The molecule has 1 aromatic rings. The number of aromatic nitrogens is 1. The van der Waals surface area contributed by atoms with Gasteiger partial charge >= 0.3 is 6.03 Å². The van der Waals surface area contributed by atoms with Crippen molar-refractivity contribution in [2.75, 3.05) is 58.4 Å². The number of amides is 2. The van der Waals surface area contributed by atoms with Crippen molar-refractivity contribution in [2.45, 2.75) is 13.0 Å². The van der Waals surface area contributed by atoms with E-state index >= 15 is 0 Å². The van der Waals surface area contributed by atoms with Gasteiger partial charge in [0.25, 0.3) is 0 Å². The van der Waals surface area contributed by atoms with Crippen molar-refractivity contribution in [2.24, 2.45) is 0 Å². The molecular weight excluding hydrogens is 312 g/mol. The van der Waals surface area contributed by atoms with Crippen LogP contribution in [-0.4, -0.2) is 85.1 Å². The summed E-state index contributed by atoms with van der Waals surface area (Å²) in [6.07, 6.45) is 0.996. The van der Waals surface area contributed by atoms with Gasteiger partial charge in [-0.3, -0.25) is 4.90 Å². The molecule has 1 atom stereocenters. The van der Waals surface area contributed by atoms with Crippen molar-refractivity contribution in [1.82, 2.24) is 14.8 Å². The SMILES string of the molecule is CCOc1ncccc1NC(=O)N(C)C[C@H](O)CN1CCOCC1. The first-order chi connectivity index (χ1) is 11.6. The summed E-state index contributed by atoms with van der Waals surface area (Å²) in [5.74, 6) is 0.385. The number of pyridine rings is 1. The highest BCUT2D eigenvalue weighted by Crippen LogP contribution is 2.20. The number of hydrogen-bond acceptors (Lipinski definition) is 6. The third kappa shape index (κ3) is 5.63. The molecular formula is C16H26N4O4. The van der Waals surface area contributed by atoms with E-state index < -0.39 is 6.10 Å². The minimum absolute atomic E-state index is 0.243. The zero-order valence-electron chi connectivity index (χ0n) is 14.3. The van der Waals surface area contributed by atoms with Gasteiger partial charge in [-0.05, 0) is 19.1 Å².